The highest BCUT2D eigenvalue weighted by Crippen LogP contribution is 2.35. The lowest BCUT2D eigenvalue weighted by molar-refractivity contribution is -0.385. The molecule has 0 spiro atoms. The van der Waals surface area contributed by atoms with E-state index in [4.69, 9.17) is 15.6 Å². The van der Waals surface area contributed by atoms with Gasteiger partial charge in [-0.1, -0.05) is 6.07 Å². The third kappa shape index (κ3) is 4.00. The number of non-ortho nitro benzene ring substituents is 1. The highest BCUT2D eigenvalue weighted by molar-refractivity contribution is 5.47. The smallest absolute Gasteiger partial charge is 0.416 e. The standard InChI is InChI=1S/C15H13F3N2O4/c16-15(17,18)9-2-1-3-11(6-9)24-14-5-4-10(20(22)23)7-12(14)13(19)8-21/h1-7,13,21H,8,19H2/t13-/m0/s1. The van der Waals surface area contributed by atoms with E-state index in [2.05, 4.69) is 0 Å². The number of hydrogen-bond donors (Lipinski definition) is 2. The number of ether oxygens (including phenoxy) is 1. The fraction of sp³-hybridized carbons (Fsp3) is 0.200. The van der Waals surface area contributed by atoms with Crippen LogP contribution < -0.4 is 10.5 Å². The monoisotopic (exact) mass is 342 g/mol. The van der Waals surface area contributed by atoms with Gasteiger partial charge in [0.25, 0.3) is 5.69 Å². The van der Waals surface area contributed by atoms with Crippen molar-refractivity contribution in [2.75, 3.05) is 6.61 Å². The Hall–Kier alpha value is -2.65. The van der Waals surface area contributed by atoms with Crippen LogP contribution in [0.5, 0.6) is 11.5 Å². The molecular weight excluding hydrogens is 329 g/mol. The van der Waals surface area contributed by atoms with E-state index in [-0.39, 0.29) is 22.7 Å². The molecule has 0 saturated carbocycles. The quantitative estimate of drug-likeness (QED) is 0.641. The van der Waals surface area contributed by atoms with Crippen LogP contribution in [-0.2, 0) is 6.18 Å². The molecule has 0 radical (unpaired) electrons. The Balaban J connectivity index is 2.40. The topological polar surface area (TPSA) is 98.6 Å². The van der Waals surface area contributed by atoms with Crippen molar-refractivity contribution in [1.29, 1.82) is 0 Å². The van der Waals surface area contributed by atoms with Crippen LogP contribution in [0.4, 0.5) is 18.9 Å². The molecule has 3 N–H and O–H groups in total. The minimum absolute atomic E-state index is 0.0291. The van der Waals surface area contributed by atoms with Crippen molar-refractivity contribution in [3.05, 3.63) is 63.7 Å². The average molecular weight is 342 g/mol. The summed E-state index contributed by atoms with van der Waals surface area (Å²) in [6, 6.07) is 6.67. The molecule has 0 fully saturated rings. The summed E-state index contributed by atoms with van der Waals surface area (Å²) in [5.41, 5.74) is 4.63. The zero-order chi connectivity index (χ0) is 17.9. The number of rotatable bonds is 5. The molecule has 2 aromatic carbocycles. The van der Waals surface area contributed by atoms with Gasteiger partial charge in [0.1, 0.15) is 11.5 Å². The zero-order valence-electron chi connectivity index (χ0n) is 12.2. The van der Waals surface area contributed by atoms with Crippen molar-refractivity contribution in [3.63, 3.8) is 0 Å². The Labute approximate surface area is 134 Å². The molecule has 0 saturated heterocycles. The van der Waals surface area contributed by atoms with Crippen LogP contribution >= 0.6 is 0 Å². The third-order valence-electron chi connectivity index (χ3n) is 3.19. The highest BCUT2D eigenvalue weighted by Gasteiger charge is 2.30. The van der Waals surface area contributed by atoms with Gasteiger partial charge in [0, 0.05) is 17.7 Å². The van der Waals surface area contributed by atoms with Crippen LogP contribution in [0.2, 0.25) is 0 Å². The number of benzene rings is 2. The molecule has 0 unspecified atom stereocenters. The van der Waals surface area contributed by atoms with Crippen molar-refractivity contribution < 1.29 is 27.9 Å². The van der Waals surface area contributed by atoms with E-state index in [0.717, 1.165) is 24.3 Å². The number of aliphatic hydroxyl groups is 1. The summed E-state index contributed by atoms with van der Waals surface area (Å²) in [6.45, 7) is -0.514. The van der Waals surface area contributed by atoms with Crippen LogP contribution in [0.25, 0.3) is 0 Å². The van der Waals surface area contributed by atoms with Crippen molar-refractivity contribution in [2.24, 2.45) is 5.73 Å². The Morgan fingerprint density at radius 1 is 1.25 bits per heavy atom. The lowest BCUT2D eigenvalue weighted by Gasteiger charge is -2.16. The molecule has 0 bridgehead atoms. The highest BCUT2D eigenvalue weighted by atomic mass is 19.4. The number of aliphatic hydroxyl groups excluding tert-OH is 1. The molecule has 9 heteroatoms. The zero-order valence-corrected chi connectivity index (χ0v) is 12.2. The van der Waals surface area contributed by atoms with Crippen LogP contribution in [-0.4, -0.2) is 16.6 Å². The number of nitrogens with zero attached hydrogens (tertiary/aromatic N) is 1. The predicted octanol–water partition coefficient (Wildman–Crippen LogP) is 3.40. The van der Waals surface area contributed by atoms with Gasteiger partial charge < -0.3 is 15.6 Å². The Kier molecular flexibility index (Phi) is 5.05. The summed E-state index contributed by atoms with van der Waals surface area (Å²) in [5.74, 6) is -0.0773. The number of halogens is 3. The second-order valence-corrected chi connectivity index (χ2v) is 4.90. The van der Waals surface area contributed by atoms with Gasteiger partial charge in [0.2, 0.25) is 0 Å². The molecule has 0 aliphatic carbocycles. The first-order valence-electron chi connectivity index (χ1n) is 6.72. The molecule has 2 rings (SSSR count). The first-order valence-corrected chi connectivity index (χ1v) is 6.72. The van der Waals surface area contributed by atoms with Gasteiger partial charge in [-0.15, -0.1) is 0 Å². The summed E-state index contributed by atoms with van der Waals surface area (Å²) in [6.07, 6.45) is -4.53. The molecule has 0 aliphatic heterocycles. The maximum absolute atomic E-state index is 12.7. The van der Waals surface area contributed by atoms with Crippen molar-refractivity contribution in [2.45, 2.75) is 12.2 Å². The van der Waals surface area contributed by atoms with Crippen LogP contribution in [0.1, 0.15) is 17.2 Å². The summed E-state index contributed by atoms with van der Waals surface area (Å²) in [4.78, 5) is 10.2. The Morgan fingerprint density at radius 2 is 1.96 bits per heavy atom. The van der Waals surface area contributed by atoms with E-state index in [1.807, 2.05) is 0 Å². The van der Waals surface area contributed by atoms with E-state index < -0.39 is 29.3 Å². The molecule has 24 heavy (non-hydrogen) atoms. The third-order valence-corrected chi connectivity index (χ3v) is 3.19. The molecular formula is C15H13F3N2O4. The van der Waals surface area contributed by atoms with Crippen LogP contribution in [0.15, 0.2) is 42.5 Å². The second kappa shape index (κ2) is 6.85. The van der Waals surface area contributed by atoms with Gasteiger partial charge in [-0.25, -0.2) is 0 Å². The van der Waals surface area contributed by atoms with Gasteiger partial charge in [-0.05, 0) is 24.3 Å². The van der Waals surface area contributed by atoms with Gasteiger partial charge in [0.05, 0.1) is 23.1 Å². The van der Waals surface area contributed by atoms with E-state index in [9.17, 15) is 23.3 Å². The fourth-order valence-electron chi connectivity index (χ4n) is 1.99. The molecule has 0 heterocycles. The van der Waals surface area contributed by atoms with Crippen molar-refractivity contribution in [1.82, 2.24) is 0 Å². The molecule has 0 amide bonds. The largest absolute Gasteiger partial charge is 0.457 e. The van der Waals surface area contributed by atoms with E-state index >= 15 is 0 Å². The Bertz CT molecular complexity index is 750. The van der Waals surface area contributed by atoms with E-state index in [1.54, 1.807) is 0 Å². The first-order chi connectivity index (χ1) is 11.2. The minimum Gasteiger partial charge on any atom is -0.457 e. The normalized spacial score (nSPS) is 12.7. The minimum atomic E-state index is -4.53. The van der Waals surface area contributed by atoms with Crippen molar-refractivity contribution in [3.8, 4) is 11.5 Å². The van der Waals surface area contributed by atoms with Crippen LogP contribution in [0, 0.1) is 10.1 Å². The average Bonchev–Trinajstić information content (AvgIpc) is 2.53. The number of alkyl halides is 3. The lowest BCUT2D eigenvalue weighted by atomic mass is 10.1. The molecule has 2 aromatic rings. The predicted molar refractivity (Wildman–Crippen MR) is 78.6 cm³/mol. The molecule has 0 aromatic heterocycles. The van der Waals surface area contributed by atoms with Gasteiger partial charge in [-0.3, -0.25) is 10.1 Å². The SMILES string of the molecule is N[C@@H](CO)c1cc([N+](=O)[O-])ccc1Oc1cccc(C(F)(F)F)c1. The lowest BCUT2D eigenvalue weighted by Crippen LogP contribution is -2.15. The number of nitro benzene ring substituents is 1. The van der Waals surface area contributed by atoms with Crippen LogP contribution in [0.3, 0.4) is 0 Å². The maximum atomic E-state index is 12.7. The fourth-order valence-corrected chi connectivity index (χ4v) is 1.99. The molecule has 128 valence electrons. The number of nitrogens with two attached hydrogens (primary N) is 1. The number of nitro groups is 1. The summed E-state index contributed by atoms with van der Waals surface area (Å²) in [7, 11) is 0. The molecule has 0 aliphatic rings. The van der Waals surface area contributed by atoms with E-state index in [0.29, 0.717) is 0 Å². The van der Waals surface area contributed by atoms with Gasteiger partial charge in [-0.2, -0.15) is 13.2 Å². The molecule has 1 atom stereocenters. The number of hydrogen-bond acceptors (Lipinski definition) is 5. The van der Waals surface area contributed by atoms with Gasteiger partial charge in [0.15, 0.2) is 0 Å². The summed E-state index contributed by atoms with van der Waals surface area (Å²) >= 11 is 0. The summed E-state index contributed by atoms with van der Waals surface area (Å²) in [5, 5.41) is 20.0. The molecule has 6 nitrogen and oxygen atoms in total. The maximum Gasteiger partial charge on any atom is 0.416 e. The summed E-state index contributed by atoms with van der Waals surface area (Å²) < 4.78 is 43.6. The Morgan fingerprint density at radius 3 is 2.54 bits per heavy atom. The van der Waals surface area contributed by atoms with Crippen molar-refractivity contribution >= 4 is 5.69 Å². The van der Waals surface area contributed by atoms with Gasteiger partial charge >= 0.3 is 6.18 Å². The second-order valence-electron chi connectivity index (χ2n) is 4.90. The first kappa shape index (κ1) is 17.7. The van der Waals surface area contributed by atoms with E-state index in [1.165, 1.54) is 18.2 Å².